The van der Waals surface area contributed by atoms with Gasteiger partial charge in [-0.1, -0.05) is 96.0 Å². The molecule has 0 amide bonds. The average Bonchev–Trinajstić information content (AvgIpc) is 3.50. The first-order valence-electron chi connectivity index (χ1n) is 12.4. The van der Waals surface area contributed by atoms with Crippen LogP contribution >= 0.6 is 23.2 Å². The number of aromatic nitrogens is 2. The Balaban J connectivity index is 1.51. The summed E-state index contributed by atoms with van der Waals surface area (Å²) < 4.78 is 0. The molecule has 0 fully saturated rings. The van der Waals surface area contributed by atoms with Crippen LogP contribution in [0.1, 0.15) is 28.3 Å². The van der Waals surface area contributed by atoms with Crippen molar-refractivity contribution >= 4 is 56.8 Å². The second-order valence-corrected chi connectivity index (χ2v) is 10.3. The van der Waals surface area contributed by atoms with Gasteiger partial charge < -0.3 is 15.1 Å². The van der Waals surface area contributed by atoms with Crippen molar-refractivity contribution in [2.45, 2.75) is 12.3 Å². The van der Waals surface area contributed by atoms with Crippen molar-refractivity contribution in [3.05, 3.63) is 118 Å². The minimum atomic E-state index is -1.11. The van der Waals surface area contributed by atoms with E-state index in [4.69, 9.17) is 23.2 Å². The number of aliphatic carboxylic acids is 1. The third-order valence-electron chi connectivity index (χ3n) is 7.00. The third kappa shape index (κ3) is 4.60. The van der Waals surface area contributed by atoms with E-state index < -0.39 is 11.9 Å². The Morgan fingerprint density at radius 1 is 0.692 bits per heavy atom. The molecule has 192 valence electrons. The lowest BCUT2D eigenvalue weighted by Crippen LogP contribution is -2.17. The Morgan fingerprint density at radius 2 is 1.21 bits per heavy atom. The highest BCUT2D eigenvalue weighted by atomic mass is 35.5. The van der Waals surface area contributed by atoms with Gasteiger partial charge in [0.2, 0.25) is 0 Å². The zero-order valence-corrected chi connectivity index (χ0v) is 22.1. The smallest absolute Gasteiger partial charge is 0.311 e. The van der Waals surface area contributed by atoms with Crippen LogP contribution in [-0.2, 0) is 4.79 Å². The number of carbonyl (C=O) groups is 2. The topological polar surface area (TPSA) is 85.9 Å². The van der Waals surface area contributed by atoms with Gasteiger partial charge in [-0.05, 0) is 35.4 Å². The lowest BCUT2D eigenvalue weighted by molar-refractivity contribution is -0.138. The maximum absolute atomic E-state index is 14.1. The number of carbonyl (C=O) groups excluding carboxylic acids is 1. The third-order valence-corrected chi connectivity index (χ3v) is 7.47. The quantitative estimate of drug-likeness (QED) is 0.173. The van der Waals surface area contributed by atoms with Crippen LogP contribution in [0.25, 0.3) is 44.3 Å². The molecule has 0 aliphatic carbocycles. The van der Waals surface area contributed by atoms with Crippen molar-refractivity contribution in [3.8, 4) is 22.5 Å². The lowest BCUT2D eigenvalue weighted by Gasteiger charge is -2.15. The fourth-order valence-electron chi connectivity index (χ4n) is 5.27. The largest absolute Gasteiger partial charge is 0.481 e. The van der Waals surface area contributed by atoms with E-state index >= 15 is 0 Å². The summed E-state index contributed by atoms with van der Waals surface area (Å²) in [7, 11) is 0. The molecule has 1 atom stereocenters. The summed E-state index contributed by atoms with van der Waals surface area (Å²) in [4.78, 5) is 33.6. The summed E-state index contributed by atoms with van der Waals surface area (Å²) in [5, 5.41) is 13.0. The van der Waals surface area contributed by atoms with Crippen molar-refractivity contribution in [1.29, 1.82) is 0 Å². The van der Waals surface area contributed by atoms with Gasteiger partial charge in [0.05, 0.1) is 22.9 Å². The van der Waals surface area contributed by atoms with Crippen LogP contribution < -0.4 is 0 Å². The predicted octanol–water partition coefficient (Wildman–Crippen LogP) is 8.73. The normalized spacial score (nSPS) is 12.2. The van der Waals surface area contributed by atoms with Crippen molar-refractivity contribution in [1.82, 2.24) is 9.97 Å². The lowest BCUT2D eigenvalue weighted by atomic mass is 9.87. The number of aromatic amines is 2. The highest BCUT2D eigenvalue weighted by Crippen LogP contribution is 2.40. The Kier molecular flexibility index (Phi) is 6.47. The Labute approximate surface area is 234 Å². The number of carboxylic acids is 1. The summed E-state index contributed by atoms with van der Waals surface area (Å²) in [6.07, 6.45) is -0.236. The molecular weight excluding hydrogens is 531 g/mol. The highest BCUT2D eigenvalue weighted by Gasteiger charge is 2.32. The van der Waals surface area contributed by atoms with Crippen LogP contribution in [0.4, 0.5) is 0 Å². The van der Waals surface area contributed by atoms with Gasteiger partial charge in [0.1, 0.15) is 0 Å². The maximum atomic E-state index is 14.1. The molecule has 7 heteroatoms. The van der Waals surface area contributed by atoms with Gasteiger partial charge in [-0.15, -0.1) is 0 Å². The second-order valence-electron chi connectivity index (χ2n) is 9.42. The molecule has 0 aliphatic heterocycles. The van der Waals surface area contributed by atoms with Gasteiger partial charge in [-0.25, -0.2) is 0 Å². The van der Waals surface area contributed by atoms with Gasteiger partial charge in [-0.2, -0.15) is 0 Å². The molecule has 0 radical (unpaired) electrons. The van der Waals surface area contributed by atoms with E-state index in [9.17, 15) is 14.7 Å². The molecule has 0 saturated carbocycles. The van der Waals surface area contributed by atoms with Gasteiger partial charge >= 0.3 is 5.97 Å². The monoisotopic (exact) mass is 552 g/mol. The first-order valence-corrected chi connectivity index (χ1v) is 13.2. The number of halogens is 2. The number of rotatable bonds is 7. The molecule has 6 aromatic rings. The molecule has 3 N–H and O–H groups in total. The zero-order chi connectivity index (χ0) is 27.1. The van der Waals surface area contributed by atoms with E-state index in [1.807, 2.05) is 60.7 Å². The Hall–Kier alpha value is -4.32. The summed E-state index contributed by atoms with van der Waals surface area (Å²) in [6.45, 7) is 0. The molecule has 1 unspecified atom stereocenters. The van der Waals surface area contributed by atoms with E-state index in [1.165, 1.54) is 0 Å². The number of Topliss-reactive ketones (excluding diaryl/α,β-unsaturated/α-hetero) is 1. The predicted molar refractivity (Wildman–Crippen MR) is 157 cm³/mol. The van der Waals surface area contributed by atoms with Crippen molar-refractivity contribution < 1.29 is 14.7 Å². The molecule has 0 spiro atoms. The Morgan fingerprint density at radius 3 is 1.79 bits per heavy atom. The summed E-state index contributed by atoms with van der Waals surface area (Å²) in [5.41, 5.74) is 5.36. The number of nitrogens with one attached hydrogen (secondary N) is 2. The molecule has 0 saturated heterocycles. The van der Waals surface area contributed by atoms with Crippen LogP contribution in [0.2, 0.25) is 10.0 Å². The van der Waals surface area contributed by atoms with Crippen LogP contribution in [0.3, 0.4) is 0 Å². The molecular formula is C32H22Cl2N2O3. The Bertz CT molecular complexity index is 1860. The first-order chi connectivity index (χ1) is 18.9. The standard InChI is InChI=1S/C32H22Cl2N2O3/c33-20-11-13-22-25(15-20)35-30(18-7-3-1-4-8-18)28(22)24(32(38)39)17-27(37)29-23-14-12-21(34)16-26(23)36-31(29)19-9-5-2-6-10-19/h1-16,24,35-36H,17H2,(H,38,39). The minimum absolute atomic E-state index is 0.236. The van der Waals surface area contributed by atoms with Gasteiger partial charge in [0, 0.05) is 43.8 Å². The van der Waals surface area contributed by atoms with Crippen LogP contribution in [0.15, 0.2) is 97.1 Å². The number of fused-ring (bicyclic) bond motifs is 2. The van der Waals surface area contributed by atoms with Crippen LogP contribution in [0, 0.1) is 0 Å². The molecule has 0 aliphatic rings. The highest BCUT2D eigenvalue weighted by molar-refractivity contribution is 6.32. The SMILES string of the molecule is O=C(CC(C(=O)O)c1c(-c2ccccc2)[nH]c2cc(Cl)ccc12)c1c(-c2ccccc2)[nH]c2cc(Cl)ccc12. The van der Waals surface area contributed by atoms with E-state index in [0.29, 0.717) is 54.4 Å². The van der Waals surface area contributed by atoms with E-state index in [2.05, 4.69) is 9.97 Å². The van der Waals surface area contributed by atoms with Crippen LogP contribution in [0.5, 0.6) is 0 Å². The van der Waals surface area contributed by atoms with E-state index in [0.717, 1.165) is 11.1 Å². The van der Waals surface area contributed by atoms with Gasteiger partial charge in [-0.3, -0.25) is 9.59 Å². The number of carboxylic acid groups (broad SMARTS) is 1. The molecule has 2 aromatic heterocycles. The molecule has 4 aromatic carbocycles. The van der Waals surface area contributed by atoms with Crippen LogP contribution in [-0.4, -0.2) is 26.8 Å². The zero-order valence-electron chi connectivity index (χ0n) is 20.5. The second kappa shape index (κ2) is 10.1. The number of hydrogen-bond donors (Lipinski definition) is 3. The summed E-state index contributed by atoms with van der Waals surface area (Å²) in [6, 6.07) is 29.6. The number of hydrogen-bond acceptors (Lipinski definition) is 2. The molecule has 5 nitrogen and oxygen atoms in total. The molecule has 39 heavy (non-hydrogen) atoms. The summed E-state index contributed by atoms with van der Waals surface area (Å²) in [5.74, 6) is -2.47. The van der Waals surface area contributed by atoms with Crippen molar-refractivity contribution in [2.75, 3.05) is 0 Å². The molecule has 0 bridgehead atoms. The molecule has 6 rings (SSSR count). The minimum Gasteiger partial charge on any atom is -0.481 e. The number of ketones is 1. The van der Waals surface area contributed by atoms with Crippen molar-refractivity contribution in [3.63, 3.8) is 0 Å². The van der Waals surface area contributed by atoms with Gasteiger partial charge in [0.15, 0.2) is 5.78 Å². The van der Waals surface area contributed by atoms with Crippen molar-refractivity contribution in [2.24, 2.45) is 0 Å². The fraction of sp³-hybridized carbons (Fsp3) is 0.0625. The maximum Gasteiger partial charge on any atom is 0.311 e. The number of benzene rings is 4. The van der Waals surface area contributed by atoms with Gasteiger partial charge in [0.25, 0.3) is 0 Å². The number of H-pyrrole nitrogens is 2. The molecule has 2 heterocycles. The average molecular weight is 553 g/mol. The van der Waals surface area contributed by atoms with E-state index in [1.54, 1.807) is 36.4 Å². The first kappa shape index (κ1) is 25.0. The summed E-state index contributed by atoms with van der Waals surface area (Å²) >= 11 is 12.5. The van der Waals surface area contributed by atoms with E-state index in [-0.39, 0.29) is 12.2 Å². The fourth-order valence-corrected chi connectivity index (χ4v) is 5.61.